The van der Waals surface area contributed by atoms with Crippen molar-refractivity contribution in [2.24, 2.45) is 5.41 Å². The van der Waals surface area contributed by atoms with E-state index in [0.29, 0.717) is 11.8 Å². The fraction of sp³-hybridized carbons (Fsp3) is 0.500. The first-order valence-corrected chi connectivity index (χ1v) is 10.4. The van der Waals surface area contributed by atoms with Crippen molar-refractivity contribution in [2.75, 3.05) is 27.2 Å². The Morgan fingerprint density at radius 3 is 2.36 bits per heavy atom. The Morgan fingerprint density at radius 2 is 1.71 bits per heavy atom. The van der Waals surface area contributed by atoms with Gasteiger partial charge in [0.1, 0.15) is 0 Å². The van der Waals surface area contributed by atoms with Gasteiger partial charge in [0.2, 0.25) is 5.91 Å². The summed E-state index contributed by atoms with van der Waals surface area (Å²) in [4.78, 5) is 21.6. The van der Waals surface area contributed by atoms with Crippen LogP contribution in [-0.2, 0) is 16.8 Å². The fourth-order valence-electron chi connectivity index (χ4n) is 5.26. The number of hydrogen-bond acceptors (Lipinski definition) is 3. The maximum Gasteiger partial charge on any atom is 0.228 e. The molecule has 4 nitrogen and oxygen atoms in total. The maximum absolute atomic E-state index is 12.8. The van der Waals surface area contributed by atoms with Crippen molar-refractivity contribution >= 4 is 5.91 Å². The van der Waals surface area contributed by atoms with Crippen LogP contribution in [0.25, 0.3) is 0 Å². The Bertz CT molecular complexity index is 795. The van der Waals surface area contributed by atoms with Crippen LogP contribution in [0.2, 0.25) is 0 Å². The summed E-state index contributed by atoms with van der Waals surface area (Å²) in [5.74, 6) is 0.225. The summed E-state index contributed by atoms with van der Waals surface area (Å²) in [6, 6.07) is 16.7. The summed E-state index contributed by atoms with van der Waals surface area (Å²) in [6.07, 6.45) is 8.01. The Kier molecular flexibility index (Phi) is 5.24. The molecule has 0 unspecified atom stereocenters. The molecule has 0 radical (unpaired) electrons. The molecule has 28 heavy (non-hydrogen) atoms. The van der Waals surface area contributed by atoms with E-state index in [2.05, 4.69) is 59.2 Å². The third kappa shape index (κ3) is 3.58. The molecular formula is C24H31N3O. The van der Waals surface area contributed by atoms with Gasteiger partial charge < -0.3 is 4.90 Å². The first kappa shape index (κ1) is 19.1. The van der Waals surface area contributed by atoms with Gasteiger partial charge in [-0.05, 0) is 69.3 Å². The van der Waals surface area contributed by atoms with E-state index in [1.165, 1.54) is 18.4 Å². The van der Waals surface area contributed by atoms with Gasteiger partial charge in [-0.3, -0.25) is 14.7 Å². The third-order valence-electron chi connectivity index (χ3n) is 7.15. The van der Waals surface area contributed by atoms with Crippen molar-refractivity contribution in [3.8, 4) is 0 Å². The first-order valence-electron chi connectivity index (χ1n) is 10.4. The predicted molar refractivity (Wildman–Crippen MR) is 112 cm³/mol. The number of likely N-dealkylation sites (tertiary alicyclic amines) is 1. The molecule has 1 saturated carbocycles. The zero-order chi connectivity index (χ0) is 19.6. The molecule has 4 rings (SSSR count). The largest absolute Gasteiger partial charge is 0.342 e. The lowest BCUT2D eigenvalue weighted by atomic mass is 9.64. The number of pyridine rings is 1. The third-order valence-corrected chi connectivity index (χ3v) is 7.15. The molecule has 1 amide bonds. The minimum absolute atomic E-state index is 0.123. The van der Waals surface area contributed by atoms with Crippen molar-refractivity contribution in [3.05, 3.63) is 66.0 Å². The van der Waals surface area contributed by atoms with Crippen LogP contribution in [0.15, 0.2) is 54.7 Å². The number of benzene rings is 1. The van der Waals surface area contributed by atoms with Crippen LogP contribution in [0.1, 0.15) is 43.4 Å². The molecule has 4 heteroatoms. The zero-order valence-corrected chi connectivity index (χ0v) is 17.1. The van der Waals surface area contributed by atoms with Crippen LogP contribution in [0.5, 0.6) is 0 Å². The van der Waals surface area contributed by atoms with Crippen LogP contribution in [0.3, 0.4) is 0 Å². The summed E-state index contributed by atoms with van der Waals surface area (Å²) in [6.45, 7) is 1.81. The zero-order valence-electron chi connectivity index (χ0n) is 17.1. The van der Waals surface area contributed by atoms with Gasteiger partial charge in [0.15, 0.2) is 0 Å². The van der Waals surface area contributed by atoms with E-state index < -0.39 is 0 Å². The van der Waals surface area contributed by atoms with Crippen molar-refractivity contribution < 1.29 is 4.79 Å². The summed E-state index contributed by atoms with van der Waals surface area (Å²) in [5, 5.41) is 0. The van der Waals surface area contributed by atoms with Gasteiger partial charge >= 0.3 is 0 Å². The summed E-state index contributed by atoms with van der Waals surface area (Å²) in [5.41, 5.74) is 2.72. The van der Waals surface area contributed by atoms with E-state index in [1.54, 1.807) is 6.20 Å². The van der Waals surface area contributed by atoms with Gasteiger partial charge in [-0.1, -0.05) is 36.4 Å². The smallest absolute Gasteiger partial charge is 0.228 e. The van der Waals surface area contributed by atoms with Crippen molar-refractivity contribution in [1.82, 2.24) is 14.8 Å². The minimum atomic E-state index is 0.123. The molecule has 1 aromatic carbocycles. The molecule has 0 atom stereocenters. The molecule has 1 saturated heterocycles. The van der Waals surface area contributed by atoms with Crippen molar-refractivity contribution in [1.29, 1.82) is 0 Å². The van der Waals surface area contributed by atoms with E-state index in [-0.39, 0.29) is 11.4 Å². The molecule has 2 heterocycles. The molecule has 1 aromatic heterocycles. The second-order valence-corrected chi connectivity index (χ2v) is 8.86. The van der Waals surface area contributed by atoms with Gasteiger partial charge in [0.25, 0.3) is 0 Å². The molecule has 2 fully saturated rings. The van der Waals surface area contributed by atoms with Crippen molar-refractivity contribution in [3.63, 3.8) is 0 Å². The van der Waals surface area contributed by atoms with E-state index >= 15 is 0 Å². The lowest BCUT2D eigenvalue weighted by molar-refractivity contribution is -0.130. The van der Waals surface area contributed by atoms with Crippen LogP contribution in [-0.4, -0.2) is 47.9 Å². The molecule has 0 N–H and O–H groups in total. The van der Waals surface area contributed by atoms with Crippen LogP contribution < -0.4 is 0 Å². The molecule has 2 aliphatic rings. The van der Waals surface area contributed by atoms with Crippen LogP contribution in [0, 0.1) is 5.41 Å². The average molecular weight is 378 g/mol. The standard InChI is InChI=1S/C24H31N3O/c1-26(2)24(20-8-4-3-5-9-20)13-11-23(12-14-24)15-17-27(19-23)22(28)18-21-10-6-7-16-25-21/h3-10,16H,11-15,17-19H2,1-2H3/t23-,24-. The van der Waals surface area contributed by atoms with E-state index in [0.717, 1.165) is 38.0 Å². The second-order valence-electron chi connectivity index (χ2n) is 8.86. The number of aromatic nitrogens is 1. The molecule has 0 bridgehead atoms. The molecule has 1 spiro atoms. The Balaban J connectivity index is 1.42. The van der Waals surface area contributed by atoms with E-state index in [9.17, 15) is 4.79 Å². The molecular weight excluding hydrogens is 346 g/mol. The molecule has 2 aromatic rings. The molecule has 1 aliphatic carbocycles. The Morgan fingerprint density at radius 1 is 1.00 bits per heavy atom. The highest BCUT2D eigenvalue weighted by atomic mass is 16.2. The molecule has 1 aliphatic heterocycles. The summed E-state index contributed by atoms with van der Waals surface area (Å²) < 4.78 is 0. The number of carbonyl (C=O) groups is 1. The second kappa shape index (κ2) is 7.67. The summed E-state index contributed by atoms with van der Waals surface area (Å²) in [7, 11) is 4.42. The number of hydrogen-bond donors (Lipinski definition) is 0. The number of carbonyl (C=O) groups excluding carboxylic acids is 1. The maximum atomic E-state index is 12.8. The fourth-order valence-corrected chi connectivity index (χ4v) is 5.26. The SMILES string of the molecule is CN(C)[C@]1(c2ccccc2)CC[C@]2(CCN(C(=O)Cc3ccccn3)C2)CC1. The lowest BCUT2D eigenvalue weighted by Crippen LogP contribution is -2.47. The minimum Gasteiger partial charge on any atom is -0.342 e. The molecule has 148 valence electrons. The number of nitrogens with zero attached hydrogens (tertiary/aromatic N) is 3. The Hall–Kier alpha value is -2.20. The average Bonchev–Trinajstić information content (AvgIpc) is 3.14. The van der Waals surface area contributed by atoms with Crippen LogP contribution in [0.4, 0.5) is 0 Å². The van der Waals surface area contributed by atoms with Crippen molar-refractivity contribution in [2.45, 2.75) is 44.1 Å². The number of rotatable bonds is 4. The summed E-state index contributed by atoms with van der Waals surface area (Å²) >= 11 is 0. The number of amides is 1. The van der Waals surface area contributed by atoms with E-state index in [4.69, 9.17) is 0 Å². The quantitative estimate of drug-likeness (QED) is 0.811. The van der Waals surface area contributed by atoms with Gasteiger partial charge in [0.05, 0.1) is 6.42 Å². The van der Waals surface area contributed by atoms with Gasteiger partial charge in [-0.25, -0.2) is 0 Å². The highest BCUT2D eigenvalue weighted by Gasteiger charge is 2.48. The predicted octanol–water partition coefficient (Wildman–Crippen LogP) is 3.87. The normalized spacial score (nSPS) is 27.5. The lowest BCUT2D eigenvalue weighted by Gasteiger charge is -2.49. The monoisotopic (exact) mass is 377 g/mol. The highest BCUT2D eigenvalue weighted by Crippen LogP contribution is 2.51. The van der Waals surface area contributed by atoms with Crippen LogP contribution >= 0.6 is 0 Å². The van der Waals surface area contributed by atoms with Gasteiger partial charge in [-0.2, -0.15) is 0 Å². The van der Waals surface area contributed by atoms with E-state index in [1.807, 2.05) is 18.2 Å². The first-order chi connectivity index (χ1) is 13.5. The van der Waals surface area contributed by atoms with Gasteiger partial charge in [0, 0.05) is 30.5 Å². The van der Waals surface area contributed by atoms with Gasteiger partial charge in [-0.15, -0.1) is 0 Å². The highest BCUT2D eigenvalue weighted by molar-refractivity contribution is 5.78. The topological polar surface area (TPSA) is 36.4 Å². The Labute approximate surface area is 168 Å².